The van der Waals surface area contributed by atoms with Gasteiger partial charge < -0.3 is 25.1 Å². The molecule has 170 valence electrons. The molecule has 0 aliphatic carbocycles. The summed E-state index contributed by atoms with van der Waals surface area (Å²) in [6.45, 7) is 1.69. The number of pyridine rings is 1. The summed E-state index contributed by atoms with van der Waals surface area (Å²) in [5, 5.41) is 3.14. The fraction of sp³-hybridized carbons (Fsp3) is 0.250. The highest BCUT2D eigenvalue weighted by Crippen LogP contribution is 2.27. The Morgan fingerprint density at radius 1 is 0.969 bits per heavy atom. The molecule has 3 rings (SSSR count). The topological polar surface area (TPSA) is 90.9 Å². The fourth-order valence-electron chi connectivity index (χ4n) is 3.14. The number of benzene rings is 2. The van der Waals surface area contributed by atoms with Gasteiger partial charge in [0.05, 0.1) is 27.3 Å². The van der Waals surface area contributed by atoms with Crippen LogP contribution in [-0.2, 0) is 19.5 Å². The van der Waals surface area contributed by atoms with Crippen LogP contribution in [0.1, 0.15) is 16.7 Å². The van der Waals surface area contributed by atoms with E-state index in [4.69, 9.17) is 15.2 Å². The van der Waals surface area contributed by atoms with Crippen molar-refractivity contribution in [2.24, 2.45) is 10.7 Å². The first-order valence-electron chi connectivity index (χ1n) is 10.1. The Bertz CT molecular complexity index is 1080. The maximum Gasteiger partial charge on any atom is 0.250 e. The number of rotatable bonds is 9. The molecule has 3 aromatic rings. The number of guanidine groups is 1. The highest BCUT2D eigenvalue weighted by molar-refractivity contribution is 14.0. The van der Waals surface area contributed by atoms with E-state index in [0.717, 1.165) is 23.1 Å². The summed E-state index contributed by atoms with van der Waals surface area (Å²) in [5.41, 5.74) is 9.21. The molecule has 7 nitrogen and oxygen atoms in total. The molecule has 0 unspecified atom stereocenters. The van der Waals surface area contributed by atoms with Crippen molar-refractivity contribution in [3.05, 3.63) is 93.9 Å². The molecule has 0 fully saturated rings. The minimum absolute atomic E-state index is 0. The maximum absolute atomic E-state index is 11.8. The third-order valence-corrected chi connectivity index (χ3v) is 4.87. The van der Waals surface area contributed by atoms with Crippen molar-refractivity contribution in [2.75, 3.05) is 20.8 Å². The normalized spacial score (nSPS) is 10.9. The molecule has 0 amide bonds. The van der Waals surface area contributed by atoms with Crippen molar-refractivity contribution in [1.82, 2.24) is 9.88 Å². The zero-order valence-electron chi connectivity index (χ0n) is 18.3. The molecular formula is C24H29IN4O3. The standard InChI is InChI=1S/C24H28N4O3.HI/c1-30-21-11-10-18(15-22(21)31-2)12-13-26-24(25)27-16-19-6-8-20(9-7-19)17-28-14-4-3-5-23(28)29;/h3-11,14-15H,12-13,16-17H2,1-2H3,(H3,25,26,27);1H. The Morgan fingerprint density at radius 2 is 1.66 bits per heavy atom. The van der Waals surface area contributed by atoms with E-state index in [2.05, 4.69) is 10.3 Å². The number of hydrogen-bond donors (Lipinski definition) is 2. The van der Waals surface area contributed by atoms with Crippen molar-refractivity contribution in [3.8, 4) is 11.5 Å². The van der Waals surface area contributed by atoms with E-state index in [1.54, 1.807) is 37.1 Å². The molecule has 0 saturated carbocycles. The van der Waals surface area contributed by atoms with Gasteiger partial charge in [0.1, 0.15) is 0 Å². The van der Waals surface area contributed by atoms with Gasteiger partial charge in [-0.25, -0.2) is 4.99 Å². The van der Waals surface area contributed by atoms with Crippen LogP contribution in [0.2, 0.25) is 0 Å². The van der Waals surface area contributed by atoms with Crippen molar-refractivity contribution in [3.63, 3.8) is 0 Å². The minimum atomic E-state index is -0.0110. The lowest BCUT2D eigenvalue weighted by molar-refractivity contribution is 0.354. The zero-order chi connectivity index (χ0) is 22.1. The molecule has 1 aromatic heterocycles. The number of nitrogens with zero attached hydrogens (tertiary/aromatic N) is 2. The summed E-state index contributed by atoms with van der Waals surface area (Å²) in [6, 6.07) is 19.0. The van der Waals surface area contributed by atoms with Crippen LogP contribution in [-0.4, -0.2) is 31.3 Å². The lowest BCUT2D eigenvalue weighted by Gasteiger charge is -2.10. The van der Waals surface area contributed by atoms with Gasteiger partial charge in [0.25, 0.3) is 5.56 Å². The Kier molecular flexibility index (Phi) is 10.1. The van der Waals surface area contributed by atoms with Gasteiger partial charge in [-0.05, 0) is 41.3 Å². The molecular weight excluding hydrogens is 519 g/mol. The molecule has 3 N–H and O–H groups in total. The van der Waals surface area contributed by atoms with Gasteiger partial charge in [-0.2, -0.15) is 0 Å². The van der Waals surface area contributed by atoms with Crippen LogP contribution in [0.25, 0.3) is 0 Å². The molecule has 0 aliphatic rings. The Hall–Kier alpha value is -3.01. The molecule has 1 heterocycles. The van der Waals surface area contributed by atoms with Crippen molar-refractivity contribution < 1.29 is 9.47 Å². The van der Waals surface area contributed by atoms with E-state index >= 15 is 0 Å². The second kappa shape index (κ2) is 12.7. The Balaban J connectivity index is 0.00000363. The molecule has 8 heteroatoms. The Morgan fingerprint density at radius 3 is 2.34 bits per heavy atom. The second-order valence-corrected chi connectivity index (χ2v) is 7.05. The summed E-state index contributed by atoms with van der Waals surface area (Å²) in [6.07, 6.45) is 2.57. The van der Waals surface area contributed by atoms with E-state index in [-0.39, 0.29) is 29.5 Å². The fourth-order valence-corrected chi connectivity index (χ4v) is 3.14. The average Bonchev–Trinajstić information content (AvgIpc) is 2.80. The number of aliphatic imine (C=N–C) groups is 1. The van der Waals surface area contributed by atoms with Gasteiger partial charge in [-0.3, -0.25) is 4.79 Å². The SMILES string of the molecule is COc1ccc(CCNC(N)=NCc2ccc(Cn3ccccc3=O)cc2)cc1OC.I. The monoisotopic (exact) mass is 548 g/mol. The van der Waals surface area contributed by atoms with Crippen LogP contribution >= 0.6 is 24.0 Å². The zero-order valence-corrected chi connectivity index (χ0v) is 20.6. The van der Waals surface area contributed by atoms with E-state index in [1.807, 2.05) is 48.5 Å². The number of methoxy groups -OCH3 is 2. The van der Waals surface area contributed by atoms with Gasteiger partial charge in [0.2, 0.25) is 0 Å². The number of hydrogen-bond acceptors (Lipinski definition) is 4. The molecule has 0 aliphatic heterocycles. The molecule has 0 bridgehead atoms. The van der Waals surface area contributed by atoms with Crippen LogP contribution in [0.15, 0.2) is 76.6 Å². The van der Waals surface area contributed by atoms with Crippen LogP contribution in [0.5, 0.6) is 11.5 Å². The maximum atomic E-state index is 11.8. The molecule has 0 atom stereocenters. The highest BCUT2D eigenvalue weighted by atomic mass is 127. The number of nitrogens with two attached hydrogens (primary N) is 1. The predicted octanol–water partition coefficient (Wildman–Crippen LogP) is 3.18. The number of halogens is 1. The number of aromatic nitrogens is 1. The summed E-state index contributed by atoms with van der Waals surface area (Å²) >= 11 is 0. The van der Waals surface area contributed by atoms with E-state index in [0.29, 0.717) is 37.1 Å². The first-order valence-corrected chi connectivity index (χ1v) is 10.1. The second-order valence-electron chi connectivity index (χ2n) is 7.05. The lowest BCUT2D eigenvalue weighted by Crippen LogP contribution is -2.33. The van der Waals surface area contributed by atoms with Crippen molar-refractivity contribution >= 4 is 29.9 Å². The average molecular weight is 548 g/mol. The van der Waals surface area contributed by atoms with E-state index in [1.165, 1.54) is 0 Å². The smallest absolute Gasteiger partial charge is 0.250 e. The van der Waals surface area contributed by atoms with Gasteiger partial charge in [0, 0.05) is 18.8 Å². The van der Waals surface area contributed by atoms with Crippen molar-refractivity contribution in [1.29, 1.82) is 0 Å². The minimum Gasteiger partial charge on any atom is -0.493 e. The van der Waals surface area contributed by atoms with Gasteiger partial charge in [0.15, 0.2) is 17.5 Å². The Labute approximate surface area is 205 Å². The first kappa shape index (κ1) is 25.3. The number of nitrogens with one attached hydrogen (secondary N) is 1. The summed E-state index contributed by atoms with van der Waals surface area (Å²) in [5.74, 6) is 1.82. The van der Waals surface area contributed by atoms with Crippen LogP contribution in [0.4, 0.5) is 0 Å². The first-order chi connectivity index (χ1) is 15.1. The third kappa shape index (κ3) is 7.30. The van der Waals surface area contributed by atoms with Crippen LogP contribution in [0, 0.1) is 0 Å². The van der Waals surface area contributed by atoms with E-state index < -0.39 is 0 Å². The lowest BCUT2D eigenvalue weighted by atomic mass is 10.1. The molecule has 0 saturated heterocycles. The predicted molar refractivity (Wildman–Crippen MR) is 138 cm³/mol. The van der Waals surface area contributed by atoms with Crippen LogP contribution < -0.4 is 26.1 Å². The molecule has 32 heavy (non-hydrogen) atoms. The largest absolute Gasteiger partial charge is 0.493 e. The summed E-state index contributed by atoms with van der Waals surface area (Å²) in [4.78, 5) is 16.2. The molecule has 0 spiro atoms. The summed E-state index contributed by atoms with van der Waals surface area (Å²) in [7, 11) is 3.24. The van der Waals surface area contributed by atoms with Crippen molar-refractivity contribution in [2.45, 2.75) is 19.5 Å². The summed E-state index contributed by atoms with van der Waals surface area (Å²) < 4.78 is 12.3. The van der Waals surface area contributed by atoms with Gasteiger partial charge in [-0.15, -0.1) is 24.0 Å². The van der Waals surface area contributed by atoms with Gasteiger partial charge in [-0.1, -0.05) is 36.4 Å². The van der Waals surface area contributed by atoms with Crippen LogP contribution in [0.3, 0.4) is 0 Å². The van der Waals surface area contributed by atoms with Gasteiger partial charge >= 0.3 is 0 Å². The molecule has 0 radical (unpaired) electrons. The number of ether oxygens (including phenoxy) is 2. The third-order valence-electron chi connectivity index (χ3n) is 4.87. The quantitative estimate of drug-likeness (QED) is 0.244. The highest BCUT2D eigenvalue weighted by Gasteiger charge is 2.04. The molecule has 2 aromatic carbocycles. The van der Waals surface area contributed by atoms with E-state index in [9.17, 15) is 4.79 Å².